The molecule has 0 unspecified atom stereocenters. The fourth-order valence-corrected chi connectivity index (χ4v) is 3.12. The van der Waals surface area contributed by atoms with E-state index in [9.17, 15) is 4.79 Å². The molecular formula is C18H14ClNO3S. The van der Waals surface area contributed by atoms with E-state index in [0.717, 1.165) is 16.3 Å². The minimum atomic E-state index is -0.462. The van der Waals surface area contributed by atoms with Gasteiger partial charge in [0.05, 0.1) is 23.4 Å². The predicted octanol–water partition coefficient (Wildman–Crippen LogP) is 4.83. The van der Waals surface area contributed by atoms with Crippen LogP contribution in [0.1, 0.15) is 16.1 Å². The number of carbonyl (C=O) groups is 1. The Hall–Kier alpha value is -2.37. The van der Waals surface area contributed by atoms with Gasteiger partial charge in [-0.3, -0.25) is 0 Å². The van der Waals surface area contributed by atoms with Gasteiger partial charge in [0.1, 0.15) is 17.4 Å². The van der Waals surface area contributed by atoms with Gasteiger partial charge in [-0.25, -0.2) is 9.78 Å². The molecule has 3 rings (SSSR count). The molecule has 0 spiro atoms. The zero-order valence-corrected chi connectivity index (χ0v) is 14.4. The molecule has 0 radical (unpaired) electrons. The summed E-state index contributed by atoms with van der Waals surface area (Å²) in [7, 11) is 1.63. The van der Waals surface area contributed by atoms with E-state index in [1.54, 1.807) is 31.4 Å². The van der Waals surface area contributed by atoms with Gasteiger partial charge in [0, 0.05) is 10.9 Å². The molecule has 3 aromatic rings. The summed E-state index contributed by atoms with van der Waals surface area (Å²) in [5.74, 6) is 0.311. The Balaban J connectivity index is 1.68. The van der Waals surface area contributed by atoms with E-state index in [1.807, 2.05) is 29.6 Å². The van der Waals surface area contributed by atoms with Crippen molar-refractivity contribution < 1.29 is 14.3 Å². The van der Waals surface area contributed by atoms with Gasteiger partial charge >= 0.3 is 5.97 Å². The number of aromatic nitrogens is 1. The largest absolute Gasteiger partial charge is 0.497 e. The molecular weight excluding hydrogens is 346 g/mol. The molecule has 0 amide bonds. The summed E-state index contributed by atoms with van der Waals surface area (Å²) >= 11 is 7.48. The molecule has 0 fully saturated rings. The zero-order valence-electron chi connectivity index (χ0n) is 12.9. The summed E-state index contributed by atoms with van der Waals surface area (Å²) in [4.78, 5) is 16.5. The third kappa shape index (κ3) is 3.75. The first-order valence-corrected chi connectivity index (χ1v) is 8.43. The lowest BCUT2D eigenvalue weighted by Gasteiger charge is -2.04. The number of esters is 1. The summed E-state index contributed by atoms with van der Waals surface area (Å²) in [6, 6.07) is 14.5. The van der Waals surface area contributed by atoms with E-state index in [0.29, 0.717) is 16.3 Å². The van der Waals surface area contributed by atoms with Crippen LogP contribution in [0.4, 0.5) is 0 Å². The van der Waals surface area contributed by atoms with Crippen LogP contribution in [-0.4, -0.2) is 18.1 Å². The number of thiazole rings is 1. The van der Waals surface area contributed by atoms with E-state index in [1.165, 1.54) is 11.3 Å². The molecule has 24 heavy (non-hydrogen) atoms. The lowest BCUT2D eigenvalue weighted by molar-refractivity contribution is 0.0468. The zero-order chi connectivity index (χ0) is 16.9. The second-order valence-electron chi connectivity index (χ2n) is 4.93. The maximum atomic E-state index is 12.1. The normalized spacial score (nSPS) is 10.4. The monoisotopic (exact) mass is 359 g/mol. The van der Waals surface area contributed by atoms with Crippen molar-refractivity contribution in [2.75, 3.05) is 7.11 Å². The maximum absolute atomic E-state index is 12.1. The van der Waals surface area contributed by atoms with Crippen LogP contribution in [0.15, 0.2) is 53.9 Å². The Morgan fingerprint density at radius 3 is 2.83 bits per heavy atom. The lowest BCUT2D eigenvalue weighted by atomic mass is 10.2. The van der Waals surface area contributed by atoms with Gasteiger partial charge in [-0.2, -0.15) is 0 Å². The van der Waals surface area contributed by atoms with Crippen LogP contribution in [0.5, 0.6) is 5.75 Å². The quantitative estimate of drug-likeness (QED) is 0.612. The van der Waals surface area contributed by atoms with Crippen molar-refractivity contribution in [2.24, 2.45) is 0 Å². The summed E-state index contributed by atoms with van der Waals surface area (Å²) in [6.45, 7) is 0.102. The molecule has 0 bridgehead atoms. The van der Waals surface area contributed by atoms with Crippen LogP contribution in [0, 0.1) is 0 Å². The molecule has 2 aromatic carbocycles. The second kappa shape index (κ2) is 7.47. The van der Waals surface area contributed by atoms with Gasteiger partial charge in [0.25, 0.3) is 0 Å². The van der Waals surface area contributed by atoms with Crippen molar-refractivity contribution in [1.82, 2.24) is 4.98 Å². The van der Waals surface area contributed by atoms with Crippen molar-refractivity contribution in [1.29, 1.82) is 0 Å². The fourth-order valence-electron chi connectivity index (χ4n) is 2.11. The highest BCUT2D eigenvalue weighted by Crippen LogP contribution is 2.27. The van der Waals surface area contributed by atoms with E-state index in [2.05, 4.69) is 4.98 Å². The van der Waals surface area contributed by atoms with Crippen LogP contribution >= 0.6 is 22.9 Å². The van der Waals surface area contributed by atoms with Crippen molar-refractivity contribution in [3.05, 3.63) is 70.2 Å². The van der Waals surface area contributed by atoms with E-state index >= 15 is 0 Å². The summed E-state index contributed by atoms with van der Waals surface area (Å²) in [6.07, 6.45) is 0. The average molecular weight is 360 g/mol. The standard InChI is InChI=1S/C18H14ClNO3S/c1-22-14-6-4-5-12(9-14)17-20-13(11-24-17)10-23-18(21)15-7-2-3-8-16(15)19/h2-9,11H,10H2,1H3. The number of hydrogen-bond donors (Lipinski definition) is 0. The van der Waals surface area contributed by atoms with Gasteiger partial charge in [-0.15, -0.1) is 11.3 Å². The molecule has 0 atom stereocenters. The predicted molar refractivity (Wildman–Crippen MR) is 94.7 cm³/mol. The number of carbonyl (C=O) groups excluding carboxylic acids is 1. The topological polar surface area (TPSA) is 48.4 Å². The fraction of sp³-hybridized carbons (Fsp3) is 0.111. The van der Waals surface area contributed by atoms with Crippen molar-refractivity contribution in [3.8, 4) is 16.3 Å². The van der Waals surface area contributed by atoms with Crippen LogP contribution in [-0.2, 0) is 11.3 Å². The van der Waals surface area contributed by atoms with Crippen LogP contribution in [0.3, 0.4) is 0 Å². The number of methoxy groups -OCH3 is 1. The van der Waals surface area contributed by atoms with Crippen molar-refractivity contribution >= 4 is 28.9 Å². The van der Waals surface area contributed by atoms with Crippen LogP contribution < -0.4 is 4.74 Å². The maximum Gasteiger partial charge on any atom is 0.340 e. The molecule has 0 aliphatic carbocycles. The molecule has 0 saturated heterocycles. The van der Waals surface area contributed by atoms with Crippen LogP contribution in [0.25, 0.3) is 10.6 Å². The molecule has 1 heterocycles. The molecule has 0 N–H and O–H groups in total. The number of benzene rings is 2. The Bertz CT molecular complexity index is 863. The van der Waals surface area contributed by atoms with E-state index in [-0.39, 0.29) is 6.61 Å². The van der Waals surface area contributed by atoms with Gasteiger partial charge < -0.3 is 9.47 Å². The smallest absolute Gasteiger partial charge is 0.340 e. The lowest BCUT2D eigenvalue weighted by Crippen LogP contribution is -2.06. The molecule has 0 aliphatic heterocycles. The first kappa shape index (κ1) is 16.5. The van der Waals surface area contributed by atoms with Gasteiger partial charge in [0.2, 0.25) is 0 Å². The molecule has 4 nitrogen and oxygen atoms in total. The average Bonchev–Trinajstić information content (AvgIpc) is 3.09. The Labute approximate surface area is 148 Å². The Morgan fingerprint density at radius 1 is 1.21 bits per heavy atom. The highest BCUT2D eigenvalue weighted by atomic mass is 35.5. The summed E-state index contributed by atoms with van der Waals surface area (Å²) < 4.78 is 10.5. The highest BCUT2D eigenvalue weighted by Gasteiger charge is 2.12. The number of hydrogen-bond acceptors (Lipinski definition) is 5. The second-order valence-corrected chi connectivity index (χ2v) is 6.20. The SMILES string of the molecule is COc1cccc(-c2nc(COC(=O)c3ccccc3Cl)cs2)c1. The summed E-state index contributed by atoms with van der Waals surface area (Å²) in [5, 5.41) is 3.09. The highest BCUT2D eigenvalue weighted by molar-refractivity contribution is 7.13. The van der Waals surface area contributed by atoms with Gasteiger partial charge in [-0.05, 0) is 24.3 Å². The van der Waals surface area contributed by atoms with Gasteiger partial charge in [-0.1, -0.05) is 35.9 Å². The molecule has 0 saturated carbocycles. The van der Waals surface area contributed by atoms with E-state index in [4.69, 9.17) is 21.1 Å². The van der Waals surface area contributed by atoms with Crippen LogP contribution in [0.2, 0.25) is 5.02 Å². The van der Waals surface area contributed by atoms with Crippen molar-refractivity contribution in [2.45, 2.75) is 6.61 Å². The Kier molecular flexibility index (Phi) is 5.13. The summed E-state index contributed by atoms with van der Waals surface area (Å²) in [5.41, 5.74) is 2.00. The first-order chi connectivity index (χ1) is 11.7. The van der Waals surface area contributed by atoms with Gasteiger partial charge in [0.15, 0.2) is 0 Å². The minimum Gasteiger partial charge on any atom is -0.497 e. The third-order valence-corrected chi connectivity index (χ3v) is 4.58. The molecule has 6 heteroatoms. The third-order valence-electron chi connectivity index (χ3n) is 3.31. The van der Waals surface area contributed by atoms with E-state index < -0.39 is 5.97 Å². The molecule has 0 aliphatic rings. The Morgan fingerprint density at radius 2 is 2.04 bits per heavy atom. The minimum absolute atomic E-state index is 0.102. The van der Waals surface area contributed by atoms with Crippen molar-refractivity contribution in [3.63, 3.8) is 0 Å². The molecule has 122 valence electrons. The number of ether oxygens (including phenoxy) is 2. The number of rotatable bonds is 5. The number of halogens is 1. The molecule has 1 aromatic heterocycles. The number of nitrogens with zero attached hydrogens (tertiary/aromatic N) is 1. The first-order valence-electron chi connectivity index (χ1n) is 7.18.